The van der Waals surface area contributed by atoms with E-state index in [9.17, 15) is 9.90 Å². The number of hydrogen-bond acceptors (Lipinski definition) is 5. The van der Waals surface area contributed by atoms with Gasteiger partial charge in [0, 0.05) is 29.3 Å². The van der Waals surface area contributed by atoms with Crippen LogP contribution in [0.5, 0.6) is 5.75 Å². The fourth-order valence-corrected chi connectivity index (χ4v) is 4.01. The van der Waals surface area contributed by atoms with Crippen molar-refractivity contribution in [3.05, 3.63) is 64.9 Å². The molecule has 0 bridgehead atoms. The van der Waals surface area contributed by atoms with Crippen LogP contribution in [0.15, 0.2) is 59.3 Å². The minimum atomic E-state index is -1.70. The largest absolute Gasteiger partial charge is 0.488 e. The van der Waals surface area contributed by atoms with Crippen LogP contribution in [0.4, 0.5) is 5.69 Å². The second-order valence-electron chi connectivity index (χ2n) is 8.35. The molecule has 3 N–H and O–H groups in total. The van der Waals surface area contributed by atoms with E-state index in [1.165, 1.54) is 6.92 Å². The number of hydrogen-bond donors (Lipinski definition) is 3. The van der Waals surface area contributed by atoms with Crippen molar-refractivity contribution in [1.29, 1.82) is 0 Å². The van der Waals surface area contributed by atoms with Crippen LogP contribution in [0, 0.1) is 0 Å². The normalized spacial score (nSPS) is 17.0. The van der Waals surface area contributed by atoms with Gasteiger partial charge < -0.3 is 20.1 Å². The molecule has 1 amide bonds. The summed E-state index contributed by atoms with van der Waals surface area (Å²) in [6.07, 6.45) is 5.44. The molecular weight excluding hydrogens is 472 g/mol. The van der Waals surface area contributed by atoms with Gasteiger partial charge in [-0.1, -0.05) is 34.1 Å². The Morgan fingerprint density at radius 3 is 2.59 bits per heavy atom. The summed E-state index contributed by atoms with van der Waals surface area (Å²) in [6.45, 7) is 3.42. The lowest BCUT2D eigenvalue weighted by Crippen LogP contribution is -2.38. The summed E-state index contributed by atoms with van der Waals surface area (Å²) in [6, 6.07) is 12.7. The Bertz CT molecular complexity index is 1060. The molecule has 8 heteroatoms. The lowest BCUT2D eigenvalue weighted by molar-refractivity contribution is -0.133. The number of piperidine rings is 1. The van der Waals surface area contributed by atoms with Gasteiger partial charge in [-0.05, 0) is 62.2 Å². The van der Waals surface area contributed by atoms with E-state index in [-0.39, 0.29) is 6.10 Å². The van der Waals surface area contributed by atoms with Gasteiger partial charge in [0.25, 0.3) is 5.91 Å². The Kier molecular flexibility index (Phi) is 6.64. The number of carbonyl (C=O) groups is 1. The zero-order chi connectivity index (χ0) is 22.7. The van der Waals surface area contributed by atoms with Crippen LogP contribution in [0.2, 0.25) is 0 Å². The van der Waals surface area contributed by atoms with E-state index < -0.39 is 11.5 Å². The molecule has 1 fully saturated rings. The van der Waals surface area contributed by atoms with E-state index in [1.807, 2.05) is 24.4 Å². The Hall–Kier alpha value is -2.68. The number of carbonyl (C=O) groups excluding carboxylic acids is 1. The number of benzene rings is 2. The van der Waals surface area contributed by atoms with Crippen LogP contribution in [-0.2, 0) is 10.4 Å². The minimum Gasteiger partial charge on any atom is -0.488 e. The molecule has 1 aromatic heterocycles. The number of H-pyrrole nitrogens is 1. The van der Waals surface area contributed by atoms with Crippen molar-refractivity contribution in [1.82, 2.24) is 15.1 Å². The van der Waals surface area contributed by atoms with Crippen molar-refractivity contribution in [2.75, 3.05) is 25.5 Å². The van der Waals surface area contributed by atoms with E-state index >= 15 is 0 Å². The average Bonchev–Trinajstić information content (AvgIpc) is 3.32. The summed E-state index contributed by atoms with van der Waals surface area (Å²) in [5.41, 5.74) is 1.19. The van der Waals surface area contributed by atoms with Gasteiger partial charge in [-0.2, -0.15) is 5.10 Å². The van der Waals surface area contributed by atoms with Gasteiger partial charge in [0.15, 0.2) is 5.60 Å². The summed E-state index contributed by atoms with van der Waals surface area (Å²) in [5.74, 6) is 0.0577. The van der Waals surface area contributed by atoms with Crippen molar-refractivity contribution < 1.29 is 14.6 Å². The number of aromatic amines is 1. The highest BCUT2D eigenvalue weighted by atomic mass is 79.9. The second kappa shape index (κ2) is 9.44. The molecule has 2 heterocycles. The number of anilines is 1. The molecule has 32 heavy (non-hydrogen) atoms. The van der Waals surface area contributed by atoms with Crippen LogP contribution in [0.1, 0.15) is 25.3 Å². The van der Waals surface area contributed by atoms with E-state index in [0.29, 0.717) is 17.0 Å². The van der Waals surface area contributed by atoms with Crippen molar-refractivity contribution in [3.8, 4) is 16.9 Å². The molecule has 7 nitrogen and oxygen atoms in total. The fraction of sp³-hybridized carbons (Fsp3) is 0.333. The Morgan fingerprint density at radius 1 is 1.22 bits per heavy atom. The Balaban J connectivity index is 1.60. The van der Waals surface area contributed by atoms with Gasteiger partial charge in [-0.3, -0.25) is 9.89 Å². The molecule has 0 aliphatic carbocycles. The van der Waals surface area contributed by atoms with Crippen LogP contribution >= 0.6 is 15.9 Å². The van der Waals surface area contributed by atoms with Crippen LogP contribution in [0.3, 0.4) is 0 Å². The Morgan fingerprint density at radius 2 is 1.94 bits per heavy atom. The van der Waals surface area contributed by atoms with Gasteiger partial charge in [-0.25, -0.2) is 0 Å². The quantitative estimate of drug-likeness (QED) is 0.474. The second-order valence-corrected chi connectivity index (χ2v) is 9.27. The average molecular weight is 499 g/mol. The summed E-state index contributed by atoms with van der Waals surface area (Å²) in [5, 5.41) is 20.7. The Labute approximate surface area is 195 Å². The highest BCUT2D eigenvalue weighted by Gasteiger charge is 2.33. The van der Waals surface area contributed by atoms with Crippen LogP contribution in [-0.4, -0.2) is 52.4 Å². The predicted octanol–water partition coefficient (Wildman–Crippen LogP) is 4.16. The highest BCUT2D eigenvalue weighted by Crippen LogP contribution is 2.34. The summed E-state index contributed by atoms with van der Waals surface area (Å²) < 4.78 is 7.22. The SMILES string of the molecule is CN1CCC(Oc2cc(-c3cn[nH]c3)ccc2NC(=O)[C@@](C)(O)c2ccc(Br)cc2)CC1. The third-order valence-electron chi connectivity index (χ3n) is 5.87. The zero-order valence-electron chi connectivity index (χ0n) is 18.1. The predicted molar refractivity (Wildman–Crippen MR) is 128 cm³/mol. The molecule has 3 aromatic rings. The maximum absolute atomic E-state index is 13.1. The summed E-state index contributed by atoms with van der Waals surface area (Å²) in [4.78, 5) is 15.3. The molecule has 1 saturated heterocycles. The number of rotatable bonds is 6. The number of aliphatic hydroxyl groups is 1. The minimum absolute atomic E-state index is 0.0634. The van der Waals surface area contributed by atoms with Crippen LogP contribution < -0.4 is 10.1 Å². The first-order chi connectivity index (χ1) is 15.3. The van der Waals surface area contributed by atoms with Crippen molar-refractivity contribution in [2.24, 2.45) is 0 Å². The third kappa shape index (κ3) is 5.03. The van der Waals surface area contributed by atoms with Gasteiger partial charge in [-0.15, -0.1) is 0 Å². The molecule has 2 aromatic carbocycles. The first-order valence-corrected chi connectivity index (χ1v) is 11.4. The van der Waals surface area contributed by atoms with Gasteiger partial charge in [0.1, 0.15) is 11.9 Å². The molecule has 0 radical (unpaired) electrons. The maximum atomic E-state index is 13.1. The molecule has 4 rings (SSSR count). The maximum Gasteiger partial charge on any atom is 0.260 e. The lowest BCUT2D eigenvalue weighted by Gasteiger charge is -2.30. The van der Waals surface area contributed by atoms with E-state index in [4.69, 9.17) is 4.74 Å². The molecule has 1 aliphatic heterocycles. The van der Waals surface area contributed by atoms with Crippen molar-refractivity contribution >= 4 is 27.5 Å². The van der Waals surface area contributed by atoms with E-state index in [0.717, 1.165) is 41.5 Å². The van der Waals surface area contributed by atoms with Gasteiger partial charge in [0.05, 0.1) is 11.9 Å². The molecule has 168 valence electrons. The lowest BCUT2D eigenvalue weighted by atomic mass is 9.95. The summed E-state index contributed by atoms with van der Waals surface area (Å²) >= 11 is 3.38. The van der Waals surface area contributed by atoms with E-state index in [1.54, 1.807) is 30.5 Å². The number of nitrogens with one attached hydrogen (secondary N) is 2. The van der Waals surface area contributed by atoms with E-state index in [2.05, 4.69) is 43.4 Å². The molecule has 1 atom stereocenters. The summed E-state index contributed by atoms with van der Waals surface area (Å²) in [7, 11) is 2.10. The number of nitrogens with zero attached hydrogens (tertiary/aromatic N) is 2. The molecule has 0 unspecified atom stereocenters. The first-order valence-electron chi connectivity index (χ1n) is 10.6. The van der Waals surface area contributed by atoms with Crippen molar-refractivity contribution in [2.45, 2.75) is 31.5 Å². The number of aromatic nitrogens is 2. The van der Waals surface area contributed by atoms with Gasteiger partial charge in [0.2, 0.25) is 0 Å². The topological polar surface area (TPSA) is 90.5 Å². The molecule has 0 spiro atoms. The molecule has 0 saturated carbocycles. The highest BCUT2D eigenvalue weighted by molar-refractivity contribution is 9.10. The molecular formula is C24H27BrN4O3. The van der Waals surface area contributed by atoms with Crippen molar-refractivity contribution in [3.63, 3.8) is 0 Å². The zero-order valence-corrected chi connectivity index (χ0v) is 19.7. The number of amides is 1. The van der Waals surface area contributed by atoms with Crippen LogP contribution in [0.25, 0.3) is 11.1 Å². The standard InChI is InChI=1S/C24H27BrN4O3/c1-24(31,18-4-6-19(25)7-5-18)23(30)28-21-8-3-16(17-14-26-27-15-17)13-22(21)32-20-9-11-29(2)12-10-20/h3-8,13-15,20,31H,9-12H2,1-2H3,(H,26,27)(H,28,30)/t24-/m0/s1. The molecule has 1 aliphatic rings. The monoisotopic (exact) mass is 498 g/mol. The smallest absolute Gasteiger partial charge is 0.260 e. The van der Waals surface area contributed by atoms with Gasteiger partial charge >= 0.3 is 0 Å². The number of halogens is 1. The number of ether oxygens (including phenoxy) is 1. The fourth-order valence-electron chi connectivity index (χ4n) is 3.74. The third-order valence-corrected chi connectivity index (χ3v) is 6.40. The number of likely N-dealkylation sites (tertiary alicyclic amines) is 1. The first kappa shape index (κ1) is 22.5.